The van der Waals surface area contributed by atoms with Crippen molar-refractivity contribution in [3.63, 3.8) is 0 Å². The normalized spacial score (nSPS) is 15.1. The molecule has 2 aromatic rings. The lowest BCUT2D eigenvalue weighted by atomic mass is 9.91. The number of aryl methyl sites for hydroxylation is 2. The summed E-state index contributed by atoms with van der Waals surface area (Å²) in [6.07, 6.45) is 4.78. The number of benzene rings is 1. The fourth-order valence-electron chi connectivity index (χ4n) is 2.24. The van der Waals surface area contributed by atoms with Gasteiger partial charge in [0.1, 0.15) is 0 Å². The molecule has 0 amide bonds. The van der Waals surface area contributed by atoms with Crippen molar-refractivity contribution in [1.29, 1.82) is 0 Å². The summed E-state index contributed by atoms with van der Waals surface area (Å²) >= 11 is 11.7. The molecule has 0 radical (unpaired) electrons. The lowest BCUT2D eigenvalue weighted by molar-refractivity contribution is 0.686. The molecule has 2 nitrogen and oxygen atoms in total. The first-order valence-electron chi connectivity index (χ1n) is 5.38. The first-order valence-corrected chi connectivity index (χ1v) is 6.14. The number of fused-ring (bicyclic) bond motifs is 2. The highest BCUT2D eigenvalue weighted by atomic mass is 35.5. The lowest BCUT2D eigenvalue weighted by Gasteiger charge is -2.15. The van der Waals surface area contributed by atoms with Gasteiger partial charge in [-0.25, -0.2) is 9.97 Å². The molecule has 1 aliphatic carbocycles. The standard InChI is InChI=1S/C12H10Cl2N2/c13-11-12(14)16-10-6-8-4-2-1-3-7(8)5-9(10)15-11/h5-6H,1-4H2. The van der Waals surface area contributed by atoms with Crippen LogP contribution in [0.2, 0.25) is 10.3 Å². The van der Waals surface area contributed by atoms with E-state index in [-0.39, 0.29) is 10.3 Å². The predicted octanol–water partition coefficient (Wildman–Crippen LogP) is 3.82. The minimum absolute atomic E-state index is 0.282. The van der Waals surface area contributed by atoms with Crippen LogP contribution in [0.15, 0.2) is 12.1 Å². The minimum atomic E-state index is 0.282. The SMILES string of the molecule is Clc1nc2cc3c(cc2nc1Cl)CCCC3. The molecule has 3 rings (SSSR count). The average molecular weight is 253 g/mol. The van der Waals surface area contributed by atoms with Crippen LogP contribution in [0.3, 0.4) is 0 Å². The van der Waals surface area contributed by atoms with E-state index in [0.29, 0.717) is 0 Å². The van der Waals surface area contributed by atoms with E-state index in [4.69, 9.17) is 23.2 Å². The summed E-state index contributed by atoms with van der Waals surface area (Å²) in [5.41, 5.74) is 4.45. The van der Waals surface area contributed by atoms with Crippen LogP contribution in [0, 0.1) is 0 Å². The van der Waals surface area contributed by atoms with E-state index in [2.05, 4.69) is 22.1 Å². The fraction of sp³-hybridized carbons (Fsp3) is 0.333. The number of hydrogen-bond acceptors (Lipinski definition) is 2. The first-order chi connectivity index (χ1) is 7.74. The van der Waals surface area contributed by atoms with Crippen molar-refractivity contribution in [2.24, 2.45) is 0 Å². The Morgan fingerprint density at radius 2 is 1.25 bits per heavy atom. The Morgan fingerprint density at radius 1 is 0.812 bits per heavy atom. The summed E-state index contributed by atoms with van der Waals surface area (Å²) in [4.78, 5) is 8.51. The summed E-state index contributed by atoms with van der Waals surface area (Å²) in [7, 11) is 0. The molecule has 0 N–H and O–H groups in total. The van der Waals surface area contributed by atoms with Crippen LogP contribution in [0.4, 0.5) is 0 Å². The first kappa shape index (κ1) is 10.3. The summed E-state index contributed by atoms with van der Waals surface area (Å²) in [6, 6.07) is 4.19. The Morgan fingerprint density at radius 3 is 1.69 bits per heavy atom. The summed E-state index contributed by atoms with van der Waals surface area (Å²) in [6.45, 7) is 0. The van der Waals surface area contributed by atoms with Crippen LogP contribution in [-0.4, -0.2) is 9.97 Å². The molecule has 16 heavy (non-hydrogen) atoms. The molecule has 0 aliphatic heterocycles. The summed E-state index contributed by atoms with van der Waals surface area (Å²) < 4.78 is 0. The van der Waals surface area contributed by atoms with Crippen molar-refractivity contribution in [3.05, 3.63) is 33.6 Å². The Hall–Kier alpha value is -0.860. The molecule has 1 heterocycles. The third-order valence-corrected chi connectivity index (χ3v) is 3.67. The van der Waals surface area contributed by atoms with Crippen LogP contribution in [0.1, 0.15) is 24.0 Å². The van der Waals surface area contributed by atoms with E-state index in [1.54, 1.807) is 0 Å². The second kappa shape index (κ2) is 3.86. The molecule has 0 saturated carbocycles. The van der Waals surface area contributed by atoms with Gasteiger partial charge in [0.2, 0.25) is 0 Å². The Labute approximate surface area is 104 Å². The quantitative estimate of drug-likeness (QED) is 0.713. The van der Waals surface area contributed by atoms with Gasteiger partial charge < -0.3 is 0 Å². The van der Waals surface area contributed by atoms with Crippen molar-refractivity contribution >= 4 is 34.2 Å². The van der Waals surface area contributed by atoms with Crippen molar-refractivity contribution in [2.75, 3.05) is 0 Å². The average Bonchev–Trinajstić information content (AvgIpc) is 2.28. The second-order valence-corrected chi connectivity index (χ2v) is 4.84. The highest BCUT2D eigenvalue weighted by molar-refractivity contribution is 6.40. The van der Waals surface area contributed by atoms with Crippen molar-refractivity contribution < 1.29 is 0 Å². The van der Waals surface area contributed by atoms with E-state index in [1.165, 1.54) is 24.0 Å². The zero-order valence-corrected chi connectivity index (χ0v) is 10.1. The van der Waals surface area contributed by atoms with Gasteiger partial charge in [-0.15, -0.1) is 0 Å². The molecule has 1 aliphatic rings. The Kier molecular flexibility index (Phi) is 2.49. The molecular weight excluding hydrogens is 243 g/mol. The van der Waals surface area contributed by atoms with E-state index in [1.807, 2.05) is 0 Å². The van der Waals surface area contributed by atoms with Gasteiger partial charge in [-0.1, -0.05) is 23.2 Å². The van der Waals surface area contributed by atoms with Crippen LogP contribution in [0.5, 0.6) is 0 Å². The zero-order valence-electron chi connectivity index (χ0n) is 8.63. The number of aromatic nitrogens is 2. The van der Waals surface area contributed by atoms with Gasteiger partial charge in [0.15, 0.2) is 10.3 Å². The molecule has 0 saturated heterocycles. The summed E-state index contributed by atoms with van der Waals surface area (Å²) in [5, 5.41) is 0.565. The van der Waals surface area contributed by atoms with E-state index >= 15 is 0 Å². The third-order valence-electron chi connectivity index (χ3n) is 3.05. The maximum absolute atomic E-state index is 5.87. The van der Waals surface area contributed by atoms with Crippen molar-refractivity contribution in [2.45, 2.75) is 25.7 Å². The van der Waals surface area contributed by atoms with Crippen LogP contribution < -0.4 is 0 Å². The van der Waals surface area contributed by atoms with Crippen LogP contribution in [0.25, 0.3) is 11.0 Å². The third kappa shape index (κ3) is 1.66. The van der Waals surface area contributed by atoms with E-state index in [0.717, 1.165) is 23.9 Å². The molecule has 0 bridgehead atoms. The molecule has 0 unspecified atom stereocenters. The van der Waals surface area contributed by atoms with Crippen molar-refractivity contribution in [1.82, 2.24) is 9.97 Å². The van der Waals surface area contributed by atoms with Crippen molar-refractivity contribution in [3.8, 4) is 0 Å². The zero-order chi connectivity index (χ0) is 11.1. The Balaban J connectivity index is 2.27. The lowest BCUT2D eigenvalue weighted by Crippen LogP contribution is -2.03. The molecule has 0 fully saturated rings. The largest absolute Gasteiger partial charge is 0.231 e. The highest BCUT2D eigenvalue weighted by Crippen LogP contribution is 2.27. The monoisotopic (exact) mass is 252 g/mol. The van der Waals surface area contributed by atoms with Gasteiger partial charge in [0, 0.05) is 0 Å². The number of rotatable bonds is 0. The van der Waals surface area contributed by atoms with Gasteiger partial charge in [-0.05, 0) is 48.9 Å². The smallest absolute Gasteiger partial charge is 0.167 e. The predicted molar refractivity (Wildman–Crippen MR) is 66.2 cm³/mol. The van der Waals surface area contributed by atoms with Gasteiger partial charge in [-0.3, -0.25) is 0 Å². The Bertz CT molecular complexity index is 516. The molecule has 1 aromatic carbocycles. The molecule has 82 valence electrons. The van der Waals surface area contributed by atoms with Gasteiger partial charge in [-0.2, -0.15) is 0 Å². The fourth-order valence-corrected chi connectivity index (χ4v) is 2.51. The number of nitrogens with zero attached hydrogens (tertiary/aromatic N) is 2. The molecule has 4 heteroatoms. The molecule has 0 spiro atoms. The molecule has 1 aromatic heterocycles. The second-order valence-electron chi connectivity index (χ2n) is 4.12. The number of halogens is 2. The maximum atomic E-state index is 5.87. The topological polar surface area (TPSA) is 25.8 Å². The van der Waals surface area contributed by atoms with E-state index < -0.39 is 0 Å². The molecule has 0 atom stereocenters. The number of hydrogen-bond donors (Lipinski definition) is 0. The minimum Gasteiger partial charge on any atom is -0.231 e. The highest BCUT2D eigenvalue weighted by Gasteiger charge is 2.12. The maximum Gasteiger partial charge on any atom is 0.167 e. The van der Waals surface area contributed by atoms with Crippen LogP contribution >= 0.6 is 23.2 Å². The van der Waals surface area contributed by atoms with Gasteiger partial charge >= 0.3 is 0 Å². The summed E-state index contributed by atoms with van der Waals surface area (Å²) in [5.74, 6) is 0. The molecular formula is C12H10Cl2N2. The van der Waals surface area contributed by atoms with Crippen LogP contribution in [-0.2, 0) is 12.8 Å². The van der Waals surface area contributed by atoms with E-state index in [9.17, 15) is 0 Å². The van der Waals surface area contributed by atoms with Gasteiger partial charge in [0.05, 0.1) is 11.0 Å². The van der Waals surface area contributed by atoms with Gasteiger partial charge in [0.25, 0.3) is 0 Å².